The van der Waals surface area contributed by atoms with Crippen molar-refractivity contribution >= 4 is 23.5 Å². The van der Waals surface area contributed by atoms with E-state index in [2.05, 4.69) is 26.4 Å². The SMILES string of the molecule is N#Cc1cc(/C(C=N)=C/NC2CCC(N=O)C2)c(C2CC2)nc1N1CCN(C(=O)C2CC2)C(C2CC2)C1. The Morgan fingerprint density at radius 2 is 1.97 bits per heavy atom. The predicted octanol–water partition coefficient (Wildman–Crippen LogP) is 3.94. The molecule has 1 saturated heterocycles. The first-order valence-corrected chi connectivity index (χ1v) is 13.9. The summed E-state index contributed by atoms with van der Waals surface area (Å²) in [6.45, 7) is 2.11. The molecule has 9 nitrogen and oxygen atoms in total. The number of pyridine rings is 1. The second-order valence-corrected chi connectivity index (χ2v) is 11.5. The van der Waals surface area contributed by atoms with E-state index in [0.717, 1.165) is 62.1 Å². The quantitative estimate of drug-likeness (QED) is 0.390. The van der Waals surface area contributed by atoms with Gasteiger partial charge in [0.25, 0.3) is 0 Å². The van der Waals surface area contributed by atoms with Crippen molar-refractivity contribution in [3.05, 3.63) is 34.0 Å². The van der Waals surface area contributed by atoms with Crippen LogP contribution in [0, 0.1) is 33.5 Å². The van der Waals surface area contributed by atoms with Gasteiger partial charge in [0.2, 0.25) is 5.91 Å². The number of hydrogen-bond acceptors (Lipinski definition) is 8. The number of nitroso groups, excluding NO2 is 1. The van der Waals surface area contributed by atoms with Gasteiger partial charge >= 0.3 is 0 Å². The molecule has 4 aliphatic carbocycles. The molecule has 1 amide bonds. The molecule has 4 saturated carbocycles. The molecule has 2 heterocycles. The van der Waals surface area contributed by atoms with Crippen molar-refractivity contribution in [1.29, 1.82) is 10.7 Å². The van der Waals surface area contributed by atoms with Gasteiger partial charge in [-0.05, 0) is 69.8 Å². The van der Waals surface area contributed by atoms with Crippen LogP contribution in [0.25, 0.3) is 5.57 Å². The number of allylic oxidation sites excluding steroid dienone is 1. The van der Waals surface area contributed by atoms with Crippen LogP contribution < -0.4 is 10.2 Å². The van der Waals surface area contributed by atoms with E-state index in [1.54, 1.807) is 0 Å². The van der Waals surface area contributed by atoms with Crippen molar-refractivity contribution < 1.29 is 4.79 Å². The Hall–Kier alpha value is -3.28. The molecule has 37 heavy (non-hydrogen) atoms. The predicted molar refractivity (Wildman–Crippen MR) is 141 cm³/mol. The number of nitriles is 1. The number of aromatic nitrogens is 1. The van der Waals surface area contributed by atoms with Gasteiger partial charge in [0.05, 0.1) is 23.3 Å². The average Bonchev–Trinajstić information content (AvgIpc) is 3.79. The molecule has 6 rings (SSSR count). The number of nitrogens with zero attached hydrogens (tertiary/aromatic N) is 5. The molecule has 1 aromatic rings. The van der Waals surface area contributed by atoms with Gasteiger partial charge in [-0.1, -0.05) is 5.18 Å². The summed E-state index contributed by atoms with van der Waals surface area (Å²) in [6, 6.07) is 4.52. The average molecular weight is 502 g/mol. The zero-order valence-electron chi connectivity index (χ0n) is 21.2. The van der Waals surface area contributed by atoms with Crippen molar-refractivity contribution in [2.45, 2.75) is 81.8 Å². The van der Waals surface area contributed by atoms with E-state index < -0.39 is 0 Å². The van der Waals surface area contributed by atoms with Gasteiger partial charge in [-0.25, -0.2) is 4.98 Å². The largest absolute Gasteiger partial charge is 0.388 e. The first-order valence-electron chi connectivity index (χ1n) is 13.9. The molecule has 0 radical (unpaired) electrons. The molecule has 3 unspecified atom stereocenters. The fourth-order valence-corrected chi connectivity index (χ4v) is 6.07. The summed E-state index contributed by atoms with van der Waals surface area (Å²) in [5.41, 5.74) is 3.03. The van der Waals surface area contributed by atoms with E-state index in [-0.39, 0.29) is 24.0 Å². The van der Waals surface area contributed by atoms with E-state index in [1.807, 2.05) is 12.3 Å². The molecule has 0 bridgehead atoms. The monoisotopic (exact) mass is 501 g/mol. The summed E-state index contributed by atoms with van der Waals surface area (Å²) >= 11 is 0. The lowest BCUT2D eigenvalue weighted by Crippen LogP contribution is -2.57. The Labute approximate surface area is 217 Å². The molecular formula is C28H35N7O2. The van der Waals surface area contributed by atoms with Crippen molar-refractivity contribution in [2.24, 2.45) is 17.0 Å². The number of rotatable bonds is 9. The molecule has 5 fully saturated rings. The van der Waals surface area contributed by atoms with Crippen LogP contribution in [-0.4, -0.2) is 59.8 Å². The number of piperazine rings is 1. The number of hydrogen-bond donors (Lipinski definition) is 2. The third kappa shape index (κ3) is 4.98. The van der Waals surface area contributed by atoms with E-state index in [4.69, 9.17) is 10.4 Å². The summed E-state index contributed by atoms with van der Waals surface area (Å²) in [4.78, 5) is 33.3. The molecule has 2 N–H and O–H groups in total. The standard InChI is InChI=1S/C28H35N7O2/c29-13-20-11-24(21(14-30)15-31-22-7-8-23(12-22)33-37)26(18-3-4-18)32-27(20)34-9-10-35(28(36)19-5-6-19)25(16-34)17-1-2-17/h11,14-15,17-19,22-23,25,30-31H,1-10,12,16H2/b21-15+,30-14?. The number of anilines is 1. The zero-order chi connectivity index (χ0) is 25.5. The maximum Gasteiger partial charge on any atom is 0.226 e. The minimum Gasteiger partial charge on any atom is -0.388 e. The normalized spacial score (nSPS) is 28.1. The number of carbonyl (C=O) groups is 1. The van der Waals surface area contributed by atoms with Gasteiger partial charge in [0.15, 0.2) is 0 Å². The first-order chi connectivity index (χ1) is 18.1. The maximum absolute atomic E-state index is 13.0. The van der Waals surface area contributed by atoms with Crippen LogP contribution in [0.1, 0.15) is 80.5 Å². The summed E-state index contributed by atoms with van der Waals surface area (Å²) < 4.78 is 0. The van der Waals surface area contributed by atoms with Crippen LogP contribution in [-0.2, 0) is 4.79 Å². The highest BCUT2D eigenvalue weighted by Crippen LogP contribution is 2.44. The molecule has 0 aromatic carbocycles. The summed E-state index contributed by atoms with van der Waals surface area (Å²) in [7, 11) is 0. The van der Waals surface area contributed by atoms with Crippen LogP contribution in [0.5, 0.6) is 0 Å². The molecule has 1 aliphatic heterocycles. The van der Waals surface area contributed by atoms with E-state index in [0.29, 0.717) is 48.4 Å². The summed E-state index contributed by atoms with van der Waals surface area (Å²) in [5.74, 6) is 2.18. The van der Waals surface area contributed by atoms with Gasteiger partial charge < -0.3 is 20.5 Å². The van der Waals surface area contributed by atoms with Gasteiger partial charge in [0.1, 0.15) is 11.9 Å². The van der Waals surface area contributed by atoms with Gasteiger partial charge in [0, 0.05) is 61.1 Å². The molecule has 194 valence electrons. The number of carbonyl (C=O) groups excluding carboxylic acids is 1. The third-order valence-corrected chi connectivity index (χ3v) is 8.71. The van der Waals surface area contributed by atoms with E-state index in [1.165, 1.54) is 19.1 Å². The topological polar surface area (TPSA) is 126 Å². The molecule has 1 aromatic heterocycles. The van der Waals surface area contributed by atoms with Crippen molar-refractivity contribution in [1.82, 2.24) is 15.2 Å². The second kappa shape index (κ2) is 9.88. The molecule has 9 heteroatoms. The fourth-order valence-electron chi connectivity index (χ4n) is 6.07. The lowest BCUT2D eigenvalue weighted by atomic mass is 9.99. The Bertz CT molecular complexity index is 1160. The van der Waals surface area contributed by atoms with Gasteiger partial charge in [-0.3, -0.25) is 4.79 Å². The number of nitrogens with one attached hydrogen (secondary N) is 2. The molecule has 5 aliphatic rings. The van der Waals surface area contributed by atoms with Gasteiger partial charge in [-0.2, -0.15) is 10.2 Å². The Morgan fingerprint density at radius 3 is 2.59 bits per heavy atom. The zero-order valence-corrected chi connectivity index (χ0v) is 21.2. The number of amides is 1. The van der Waals surface area contributed by atoms with Crippen molar-refractivity contribution in [2.75, 3.05) is 24.5 Å². The van der Waals surface area contributed by atoms with E-state index in [9.17, 15) is 15.0 Å². The van der Waals surface area contributed by atoms with Crippen molar-refractivity contribution in [3.8, 4) is 6.07 Å². The first kappa shape index (κ1) is 24.1. The van der Waals surface area contributed by atoms with E-state index >= 15 is 0 Å². The summed E-state index contributed by atoms with van der Waals surface area (Å²) in [6.07, 6.45) is 12.1. The Balaban J connectivity index is 1.27. The van der Waals surface area contributed by atoms with Crippen LogP contribution in [0.4, 0.5) is 5.82 Å². The fraction of sp³-hybridized carbons (Fsp3) is 0.643. The Kier molecular flexibility index (Phi) is 6.43. The smallest absolute Gasteiger partial charge is 0.226 e. The highest BCUT2D eigenvalue weighted by Gasteiger charge is 2.45. The van der Waals surface area contributed by atoms with Crippen LogP contribution in [0.3, 0.4) is 0 Å². The second-order valence-electron chi connectivity index (χ2n) is 11.5. The maximum atomic E-state index is 13.0. The van der Waals surface area contributed by atoms with Crippen molar-refractivity contribution in [3.63, 3.8) is 0 Å². The molecule has 3 atom stereocenters. The summed E-state index contributed by atoms with van der Waals surface area (Å²) in [5, 5.41) is 24.8. The minimum atomic E-state index is -0.137. The highest BCUT2D eigenvalue weighted by molar-refractivity contribution is 6.09. The lowest BCUT2D eigenvalue weighted by Gasteiger charge is -2.43. The Morgan fingerprint density at radius 1 is 1.16 bits per heavy atom. The lowest BCUT2D eigenvalue weighted by molar-refractivity contribution is -0.135. The third-order valence-electron chi connectivity index (χ3n) is 8.71. The van der Waals surface area contributed by atoms with Crippen LogP contribution >= 0.6 is 0 Å². The highest BCUT2D eigenvalue weighted by atomic mass is 16.3. The van der Waals surface area contributed by atoms with Gasteiger partial charge in [-0.15, -0.1) is 0 Å². The molecular weight excluding hydrogens is 466 g/mol. The van der Waals surface area contributed by atoms with Crippen LogP contribution in [0.2, 0.25) is 0 Å². The molecule has 0 spiro atoms. The van der Waals surface area contributed by atoms with Crippen LogP contribution in [0.15, 0.2) is 17.4 Å². The minimum absolute atomic E-state index is 0.137.